The van der Waals surface area contributed by atoms with Crippen LogP contribution in [-0.4, -0.2) is 14.2 Å². The Labute approximate surface area is 80.1 Å². The van der Waals surface area contributed by atoms with Crippen molar-refractivity contribution in [1.29, 1.82) is 0 Å². The molecule has 0 bridgehead atoms. The Hall–Kier alpha value is -0.690. The van der Waals surface area contributed by atoms with Gasteiger partial charge in [-0.15, -0.1) is 0 Å². The second kappa shape index (κ2) is 5.87. The zero-order chi connectivity index (χ0) is 9.52. The lowest BCUT2D eigenvalue weighted by atomic mass is 10.2. The number of rotatable bonds is 4. The summed E-state index contributed by atoms with van der Waals surface area (Å²) in [6, 6.07) is 10.1. The first-order valence-electron chi connectivity index (χ1n) is 3.97. The van der Waals surface area contributed by atoms with E-state index in [2.05, 4.69) is 0 Å². The lowest BCUT2D eigenvalue weighted by molar-refractivity contribution is 0.349. The lowest BCUT2D eigenvalue weighted by Crippen LogP contribution is -1.76. The van der Waals surface area contributed by atoms with E-state index >= 15 is 0 Å². The third-order valence-electron chi connectivity index (χ3n) is 1.55. The largest absolute Gasteiger partial charge is 0.334 e. The fraction of sp³-hybridized carbons (Fsp3) is 0.200. The quantitative estimate of drug-likeness (QED) is 0.688. The molecule has 0 heterocycles. The highest BCUT2D eigenvalue weighted by molar-refractivity contribution is 7.50. The third kappa shape index (κ3) is 3.69. The molecule has 0 radical (unpaired) electrons. The molecule has 1 aromatic rings. The molecule has 0 unspecified atom stereocenters. The van der Waals surface area contributed by atoms with E-state index in [0.29, 0.717) is 0 Å². The van der Waals surface area contributed by atoms with Crippen LogP contribution in [0.15, 0.2) is 36.1 Å². The maximum absolute atomic E-state index is 5.08. The molecule has 0 aliphatic carbocycles. The standard InChI is InChI=1S/C10H13O2P/c1-11-13(12-2)9-8-10-6-4-3-5-7-10/h3-9H,1-2H3. The Morgan fingerprint density at radius 1 is 1.08 bits per heavy atom. The summed E-state index contributed by atoms with van der Waals surface area (Å²) in [7, 11) is 2.43. The molecule has 0 N–H and O–H groups in total. The van der Waals surface area contributed by atoms with E-state index in [4.69, 9.17) is 9.05 Å². The highest BCUT2D eigenvalue weighted by Crippen LogP contribution is 2.38. The Kier molecular flexibility index (Phi) is 4.69. The number of hydrogen-bond donors (Lipinski definition) is 0. The van der Waals surface area contributed by atoms with Crippen molar-refractivity contribution in [3.05, 3.63) is 41.7 Å². The van der Waals surface area contributed by atoms with Crippen LogP contribution in [0.5, 0.6) is 0 Å². The Balaban J connectivity index is 2.57. The molecule has 2 nitrogen and oxygen atoms in total. The molecule has 0 saturated heterocycles. The van der Waals surface area contributed by atoms with Gasteiger partial charge in [-0.25, -0.2) is 0 Å². The van der Waals surface area contributed by atoms with Gasteiger partial charge in [0.25, 0.3) is 0 Å². The van der Waals surface area contributed by atoms with Crippen LogP contribution >= 0.6 is 8.38 Å². The zero-order valence-electron chi connectivity index (χ0n) is 7.81. The minimum absolute atomic E-state index is 0.860. The summed E-state index contributed by atoms with van der Waals surface area (Å²) in [5.74, 6) is 1.94. The van der Waals surface area contributed by atoms with E-state index in [0.717, 1.165) is 5.56 Å². The first-order valence-corrected chi connectivity index (χ1v) is 5.22. The van der Waals surface area contributed by atoms with Gasteiger partial charge in [0.15, 0.2) is 8.38 Å². The third-order valence-corrected chi connectivity index (χ3v) is 2.66. The average Bonchev–Trinajstić information content (AvgIpc) is 2.21. The van der Waals surface area contributed by atoms with Crippen LogP contribution in [0, 0.1) is 0 Å². The van der Waals surface area contributed by atoms with Crippen LogP contribution in [0.2, 0.25) is 0 Å². The molecular formula is C10H13O2P. The Bertz CT molecular complexity index is 255. The van der Waals surface area contributed by atoms with Crippen molar-refractivity contribution < 1.29 is 9.05 Å². The molecule has 0 atom stereocenters. The van der Waals surface area contributed by atoms with Crippen LogP contribution in [0.4, 0.5) is 0 Å². The fourth-order valence-corrected chi connectivity index (χ4v) is 1.59. The van der Waals surface area contributed by atoms with Gasteiger partial charge < -0.3 is 9.05 Å². The summed E-state index contributed by atoms with van der Waals surface area (Å²) in [5.41, 5.74) is 1.16. The van der Waals surface area contributed by atoms with E-state index in [1.54, 1.807) is 14.2 Å². The van der Waals surface area contributed by atoms with Crippen molar-refractivity contribution >= 4 is 14.5 Å². The van der Waals surface area contributed by atoms with Gasteiger partial charge in [0.1, 0.15) is 0 Å². The molecule has 13 heavy (non-hydrogen) atoms. The van der Waals surface area contributed by atoms with Crippen LogP contribution < -0.4 is 0 Å². The highest BCUT2D eigenvalue weighted by Gasteiger charge is 1.97. The number of benzene rings is 1. The molecule has 0 amide bonds. The van der Waals surface area contributed by atoms with Gasteiger partial charge in [0.05, 0.1) is 0 Å². The Morgan fingerprint density at radius 2 is 1.69 bits per heavy atom. The van der Waals surface area contributed by atoms with Gasteiger partial charge in [-0.1, -0.05) is 30.3 Å². The smallest absolute Gasteiger partial charge is 0.196 e. The van der Waals surface area contributed by atoms with E-state index in [1.807, 2.05) is 42.2 Å². The molecular weight excluding hydrogens is 183 g/mol. The first-order chi connectivity index (χ1) is 6.36. The van der Waals surface area contributed by atoms with Crippen molar-refractivity contribution in [2.75, 3.05) is 14.2 Å². The van der Waals surface area contributed by atoms with Crippen molar-refractivity contribution in [3.63, 3.8) is 0 Å². The predicted molar refractivity (Wildman–Crippen MR) is 56.4 cm³/mol. The maximum atomic E-state index is 5.08. The van der Waals surface area contributed by atoms with E-state index in [9.17, 15) is 0 Å². The summed E-state index contributed by atoms with van der Waals surface area (Å²) >= 11 is 0. The molecule has 0 aliphatic rings. The second-order valence-corrected chi connectivity index (χ2v) is 3.98. The molecule has 3 heteroatoms. The minimum atomic E-state index is -0.860. The summed E-state index contributed by atoms with van der Waals surface area (Å²) in [6.07, 6.45) is 2.00. The summed E-state index contributed by atoms with van der Waals surface area (Å²) in [4.78, 5) is 0. The SMILES string of the molecule is COP(C=Cc1ccccc1)OC. The molecule has 70 valence electrons. The van der Waals surface area contributed by atoms with Gasteiger partial charge >= 0.3 is 0 Å². The summed E-state index contributed by atoms with van der Waals surface area (Å²) in [5, 5.41) is 0. The van der Waals surface area contributed by atoms with Gasteiger partial charge in [0.2, 0.25) is 0 Å². The second-order valence-electron chi connectivity index (χ2n) is 2.38. The van der Waals surface area contributed by atoms with Gasteiger partial charge in [-0.2, -0.15) is 0 Å². The van der Waals surface area contributed by atoms with E-state index in [1.165, 1.54) is 0 Å². The zero-order valence-corrected chi connectivity index (χ0v) is 8.70. The van der Waals surface area contributed by atoms with Crippen molar-refractivity contribution in [2.24, 2.45) is 0 Å². The fourth-order valence-electron chi connectivity index (χ4n) is 0.907. The predicted octanol–water partition coefficient (Wildman–Crippen LogP) is 3.26. The monoisotopic (exact) mass is 196 g/mol. The van der Waals surface area contributed by atoms with Gasteiger partial charge in [-0.3, -0.25) is 0 Å². The highest BCUT2D eigenvalue weighted by atomic mass is 31.2. The van der Waals surface area contributed by atoms with Crippen molar-refractivity contribution in [2.45, 2.75) is 0 Å². The van der Waals surface area contributed by atoms with Crippen LogP contribution in [-0.2, 0) is 9.05 Å². The van der Waals surface area contributed by atoms with Crippen LogP contribution in [0.3, 0.4) is 0 Å². The van der Waals surface area contributed by atoms with Crippen LogP contribution in [0.25, 0.3) is 6.08 Å². The number of hydrogen-bond acceptors (Lipinski definition) is 2. The van der Waals surface area contributed by atoms with Crippen molar-refractivity contribution in [1.82, 2.24) is 0 Å². The molecule has 1 rings (SSSR count). The summed E-state index contributed by atoms with van der Waals surface area (Å²) in [6.45, 7) is 0. The topological polar surface area (TPSA) is 18.5 Å². The normalized spacial score (nSPS) is 11.3. The minimum Gasteiger partial charge on any atom is -0.334 e. The molecule has 0 fully saturated rings. The van der Waals surface area contributed by atoms with Crippen molar-refractivity contribution in [3.8, 4) is 0 Å². The molecule has 0 saturated carbocycles. The summed E-state index contributed by atoms with van der Waals surface area (Å²) < 4.78 is 10.2. The van der Waals surface area contributed by atoms with Gasteiger partial charge in [0, 0.05) is 14.2 Å². The molecule has 0 spiro atoms. The molecule has 0 aromatic heterocycles. The molecule has 0 aliphatic heterocycles. The average molecular weight is 196 g/mol. The maximum Gasteiger partial charge on any atom is 0.196 e. The Morgan fingerprint density at radius 3 is 2.23 bits per heavy atom. The van der Waals surface area contributed by atoms with E-state index < -0.39 is 8.38 Å². The first kappa shape index (κ1) is 10.4. The molecule has 1 aromatic carbocycles. The van der Waals surface area contributed by atoms with E-state index in [-0.39, 0.29) is 0 Å². The lowest BCUT2D eigenvalue weighted by Gasteiger charge is -2.05. The van der Waals surface area contributed by atoms with Gasteiger partial charge in [-0.05, 0) is 17.5 Å². The van der Waals surface area contributed by atoms with Crippen LogP contribution in [0.1, 0.15) is 5.56 Å².